The second-order valence-electron chi connectivity index (χ2n) is 4.37. The first-order valence-electron chi connectivity index (χ1n) is 6.07. The summed E-state index contributed by atoms with van der Waals surface area (Å²) in [5.41, 5.74) is 0.804. The summed E-state index contributed by atoms with van der Waals surface area (Å²) in [5.74, 6) is -0.311. The smallest absolute Gasteiger partial charge is 0.338 e. The Morgan fingerprint density at radius 1 is 1.33 bits per heavy atom. The zero-order chi connectivity index (χ0) is 12.4. The molecule has 0 spiro atoms. The van der Waals surface area contributed by atoms with Crippen molar-refractivity contribution in [1.29, 1.82) is 0 Å². The number of benzene rings is 1. The summed E-state index contributed by atoms with van der Waals surface area (Å²) in [6, 6.07) is 7.62. The Balaban J connectivity index is 1.77. The topological polar surface area (TPSA) is 53.4 Å². The molecule has 2 aromatic rings. The van der Waals surface area contributed by atoms with Gasteiger partial charge in [0.1, 0.15) is 5.52 Å². The van der Waals surface area contributed by atoms with Gasteiger partial charge in [-0.25, -0.2) is 4.79 Å². The second-order valence-corrected chi connectivity index (χ2v) is 4.37. The molecule has 0 bridgehead atoms. The molecule has 5 heteroatoms. The number of carbonyl (C=O) groups is 1. The lowest BCUT2D eigenvalue weighted by atomic mass is 10.0. The SMILES string of the molecule is O=C(On1ncc2ccccc21)C1CCOCC1. The third-order valence-corrected chi connectivity index (χ3v) is 3.18. The molecule has 0 atom stereocenters. The first-order chi connectivity index (χ1) is 8.84. The molecule has 1 aromatic carbocycles. The lowest BCUT2D eigenvalue weighted by Gasteiger charge is -2.19. The molecule has 2 heterocycles. The summed E-state index contributed by atoms with van der Waals surface area (Å²) in [6.07, 6.45) is 3.13. The minimum absolute atomic E-state index is 0.0817. The van der Waals surface area contributed by atoms with Gasteiger partial charge in [-0.2, -0.15) is 0 Å². The van der Waals surface area contributed by atoms with Crippen LogP contribution in [0.25, 0.3) is 10.9 Å². The van der Waals surface area contributed by atoms with Crippen LogP contribution in [0.4, 0.5) is 0 Å². The molecular weight excluding hydrogens is 232 g/mol. The number of aromatic nitrogens is 2. The van der Waals surface area contributed by atoms with E-state index in [9.17, 15) is 4.79 Å². The predicted molar refractivity (Wildman–Crippen MR) is 64.9 cm³/mol. The number of ether oxygens (including phenoxy) is 1. The summed E-state index contributed by atoms with van der Waals surface area (Å²) in [4.78, 5) is 18.6. The first-order valence-corrected chi connectivity index (χ1v) is 6.07. The third-order valence-electron chi connectivity index (χ3n) is 3.18. The summed E-state index contributed by atoms with van der Waals surface area (Å²) in [7, 11) is 0. The van der Waals surface area contributed by atoms with Gasteiger partial charge in [0.05, 0.1) is 12.1 Å². The highest BCUT2D eigenvalue weighted by Gasteiger charge is 2.24. The average molecular weight is 246 g/mol. The third kappa shape index (κ3) is 2.09. The van der Waals surface area contributed by atoms with Crippen molar-refractivity contribution in [3.63, 3.8) is 0 Å². The first kappa shape index (κ1) is 11.2. The summed E-state index contributed by atoms with van der Waals surface area (Å²) >= 11 is 0. The molecule has 0 amide bonds. The van der Waals surface area contributed by atoms with Crippen LogP contribution in [0.2, 0.25) is 0 Å². The zero-order valence-electron chi connectivity index (χ0n) is 9.91. The number of carbonyl (C=O) groups excluding carboxylic acids is 1. The molecule has 0 radical (unpaired) electrons. The summed E-state index contributed by atoms with van der Waals surface area (Å²) in [6.45, 7) is 1.25. The Hall–Kier alpha value is -1.88. The normalized spacial score (nSPS) is 16.9. The van der Waals surface area contributed by atoms with E-state index in [-0.39, 0.29) is 11.9 Å². The average Bonchev–Trinajstić information content (AvgIpc) is 2.83. The summed E-state index contributed by atoms with van der Waals surface area (Å²) in [5, 5.41) is 5.03. The van der Waals surface area contributed by atoms with E-state index in [0.717, 1.165) is 23.7 Å². The van der Waals surface area contributed by atoms with E-state index in [1.807, 2.05) is 24.3 Å². The molecule has 0 saturated carbocycles. The molecule has 0 aliphatic carbocycles. The van der Waals surface area contributed by atoms with Crippen molar-refractivity contribution < 1.29 is 14.4 Å². The van der Waals surface area contributed by atoms with Gasteiger partial charge in [0.2, 0.25) is 0 Å². The van der Waals surface area contributed by atoms with E-state index in [1.54, 1.807) is 6.20 Å². The lowest BCUT2D eigenvalue weighted by molar-refractivity contribution is -0.153. The van der Waals surface area contributed by atoms with E-state index >= 15 is 0 Å². The van der Waals surface area contributed by atoms with Crippen LogP contribution in [0.15, 0.2) is 30.5 Å². The standard InChI is InChI=1S/C13H14N2O3/c16-13(10-5-7-17-8-6-10)18-15-12-4-2-1-3-11(12)9-14-15/h1-4,9-10H,5-8H2. The van der Waals surface area contributed by atoms with Crippen molar-refractivity contribution in [1.82, 2.24) is 9.94 Å². The molecule has 0 N–H and O–H groups in total. The van der Waals surface area contributed by atoms with Crippen molar-refractivity contribution in [2.45, 2.75) is 12.8 Å². The fourth-order valence-corrected chi connectivity index (χ4v) is 2.11. The fraction of sp³-hybridized carbons (Fsp3) is 0.385. The van der Waals surface area contributed by atoms with E-state index < -0.39 is 0 Å². The number of rotatable bonds is 2. The Kier molecular flexibility index (Phi) is 2.98. The molecule has 1 aliphatic heterocycles. The minimum atomic E-state index is -0.229. The maximum Gasteiger partial charge on any atom is 0.338 e. The molecule has 1 saturated heterocycles. The van der Waals surface area contributed by atoms with Crippen LogP contribution in [-0.2, 0) is 9.53 Å². The van der Waals surface area contributed by atoms with Crippen LogP contribution >= 0.6 is 0 Å². The molecule has 3 rings (SSSR count). The van der Waals surface area contributed by atoms with Crippen molar-refractivity contribution in [3.05, 3.63) is 30.5 Å². The zero-order valence-corrected chi connectivity index (χ0v) is 9.91. The Morgan fingerprint density at radius 3 is 2.94 bits per heavy atom. The van der Waals surface area contributed by atoms with E-state index in [2.05, 4.69) is 5.10 Å². The quantitative estimate of drug-likeness (QED) is 0.804. The van der Waals surface area contributed by atoms with Crippen LogP contribution in [0.5, 0.6) is 0 Å². The van der Waals surface area contributed by atoms with Crippen molar-refractivity contribution in [3.8, 4) is 0 Å². The second kappa shape index (κ2) is 4.78. The Bertz CT molecular complexity index is 558. The highest BCUT2D eigenvalue weighted by molar-refractivity contribution is 5.79. The van der Waals surface area contributed by atoms with Gasteiger partial charge in [-0.3, -0.25) is 0 Å². The van der Waals surface area contributed by atoms with E-state index in [0.29, 0.717) is 13.2 Å². The summed E-state index contributed by atoms with van der Waals surface area (Å²) < 4.78 is 5.23. The van der Waals surface area contributed by atoms with Crippen LogP contribution < -0.4 is 4.84 Å². The number of nitrogens with zero attached hydrogens (tertiary/aromatic N) is 2. The van der Waals surface area contributed by atoms with Crippen LogP contribution in [0, 0.1) is 5.92 Å². The number of hydrogen-bond acceptors (Lipinski definition) is 4. The maximum absolute atomic E-state index is 12.0. The van der Waals surface area contributed by atoms with Gasteiger partial charge < -0.3 is 9.57 Å². The molecular formula is C13H14N2O3. The fourth-order valence-electron chi connectivity index (χ4n) is 2.11. The molecule has 5 nitrogen and oxygen atoms in total. The largest absolute Gasteiger partial charge is 0.381 e. The molecule has 0 unspecified atom stereocenters. The Labute approximate surface area is 104 Å². The van der Waals surface area contributed by atoms with Gasteiger partial charge in [-0.1, -0.05) is 23.0 Å². The van der Waals surface area contributed by atoms with Crippen molar-refractivity contribution >= 4 is 16.9 Å². The van der Waals surface area contributed by atoms with Crippen molar-refractivity contribution in [2.75, 3.05) is 13.2 Å². The molecule has 1 aromatic heterocycles. The van der Waals surface area contributed by atoms with Crippen LogP contribution in [0.3, 0.4) is 0 Å². The van der Waals surface area contributed by atoms with Gasteiger partial charge in [-0.15, -0.1) is 5.10 Å². The number of fused-ring (bicyclic) bond motifs is 1. The maximum atomic E-state index is 12.0. The van der Waals surface area contributed by atoms with Crippen LogP contribution in [-0.4, -0.2) is 29.1 Å². The highest BCUT2D eigenvalue weighted by Crippen LogP contribution is 2.16. The predicted octanol–water partition coefficient (Wildman–Crippen LogP) is 1.42. The highest BCUT2D eigenvalue weighted by atomic mass is 16.7. The Morgan fingerprint density at radius 2 is 2.11 bits per heavy atom. The van der Waals surface area contributed by atoms with Gasteiger partial charge in [0, 0.05) is 18.6 Å². The molecule has 18 heavy (non-hydrogen) atoms. The molecule has 1 fully saturated rings. The molecule has 1 aliphatic rings. The van der Waals surface area contributed by atoms with Gasteiger partial charge >= 0.3 is 5.97 Å². The minimum Gasteiger partial charge on any atom is -0.381 e. The number of para-hydroxylation sites is 1. The van der Waals surface area contributed by atoms with Crippen LogP contribution in [0.1, 0.15) is 12.8 Å². The van der Waals surface area contributed by atoms with Gasteiger partial charge in [-0.05, 0) is 18.9 Å². The van der Waals surface area contributed by atoms with E-state index in [4.69, 9.17) is 9.57 Å². The van der Waals surface area contributed by atoms with Gasteiger partial charge in [0.15, 0.2) is 0 Å². The van der Waals surface area contributed by atoms with Gasteiger partial charge in [0.25, 0.3) is 0 Å². The molecule has 94 valence electrons. The number of hydrogen-bond donors (Lipinski definition) is 0. The van der Waals surface area contributed by atoms with E-state index in [1.165, 1.54) is 4.85 Å². The lowest BCUT2D eigenvalue weighted by Crippen LogP contribution is -2.31. The van der Waals surface area contributed by atoms with Crippen molar-refractivity contribution in [2.24, 2.45) is 5.92 Å². The monoisotopic (exact) mass is 246 g/mol.